The number of nitrogens with zero attached hydrogens (tertiary/aromatic N) is 2. The Morgan fingerprint density at radius 1 is 1.07 bits per heavy atom. The van der Waals surface area contributed by atoms with E-state index in [1.165, 1.54) is 11.1 Å². The number of likely N-dealkylation sites (tertiary alicyclic amines) is 1. The lowest BCUT2D eigenvalue weighted by Crippen LogP contribution is -2.45. The second kappa shape index (κ2) is 8.07. The molecule has 3 aromatic rings. The fourth-order valence-corrected chi connectivity index (χ4v) is 3.90. The van der Waals surface area contributed by atoms with Crippen molar-refractivity contribution in [3.05, 3.63) is 65.9 Å². The molecule has 5 heteroatoms. The van der Waals surface area contributed by atoms with Gasteiger partial charge < -0.3 is 15.2 Å². The number of aryl methyl sites for hydroxylation is 2. The number of nitrogens with one attached hydrogen (secondary N) is 2. The fourth-order valence-electron chi connectivity index (χ4n) is 3.90. The van der Waals surface area contributed by atoms with Crippen LogP contribution in [0.1, 0.15) is 24.0 Å². The molecule has 2 N–H and O–H groups in total. The van der Waals surface area contributed by atoms with Crippen LogP contribution in [0.25, 0.3) is 10.9 Å². The molecule has 2 heterocycles. The van der Waals surface area contributed by atoms with Crippen LogP contribution in [-0.2, 0) is 13.6 Å². The van der Waals surface area contributed by atoms with Crippen molar-refractivity contribution >= 4 is 22.6 Å². The maximum Gasteiger partial charge on any atom is 0.319 e. The Labute approximate surface area is 166 Å². The van der Waals surface area contributed by atoms with Crippen molar-refractivity contribution in [3.8, 4) is 0 Å². The summed E-state index contributed by atoms with van der Waals surface area (Å²) in [5.41, 5.74) is 4.63. The Morgan fingerprint density at radius 2 is 1.82 bits per heavy atom. The average Bonchev–Trinajstić information content (AvgIpc) is 3.05. The molecule has 1 aliphatic rings. The van der Waals surface area contributed by atoms with Gasteiger partial charge in [-0.2, -0.15) is 0 Å². The van der Waals surface area contributed by atoms with Gasteiger partial charge in [0.25, 0.3) is 0 Å². The molecule has 1 aromatic heterocycles. The lowest BCUT2D eigenvalue weighted by molar-refractivity contribution is 0.190. The van der Waals surface area contributed by atoms with E-state index >= 15 is 0 Å². The Kier molecular flexibility index (Phi) is 5.35. The zero-order valence-corrected chi connectivity index (χ0v) is 16.6. The Balaban J connectivity index is 1.25. The Hall–Kier alpha value is -2.79. The number of piperidine rings is 1. The zero-order chi connectivity index (χ0) is 19.5. The van der Waals surface area contributed by atoms with E-state index in [-0.39, 0.29) is 12.1 Å². The summed E-state index contributed by atoms with van der Waals surface area (Å²) in [6.07, 6.45) is 3.99. The molecule has 0 aliphatic carbocycles. The standard InChI is InChI=1S/C23H28N4O/c1-17-3-5-18(6-4-17)16-27-13-10-20(11-14-27)24-23(28)25-21-7-8-22-19(15-21)9-12-26(22)2/h3-9,12,15,20H,10-11,13-14,16H2,1-2H3,(H2,24,25,28). The van der Waals surface area contributed by atoms with Crippen molar-refractivity contribution < 1.29 is 4.79 Å². The Morgan fingerprint density at radius 3 is 2.57 bits per heavy atom. The van der Waals surface area contributed by atoms with Gasteiger partial charge in [-0.1, -0.05) is 29.8 Å². The number of benzene rings is 2. The number of carbonyl (C=O) groups is 1. The third-order valence-corrected chi connectivity index (χ3v) is 5.59. The molecule has 0 atom stereocenters. The second-order valence-electron chi connectivity index (χ2n) is 7.83. The zero-order valence-electron chi connectivity index (χ0n) is 16.6. The molecule has 1 fully saturated rings. The Bertz CT molecular complexity index is 952. The van der Waals surface area contributed by atoms with E-state index in [0.29, 0.717) is 0 Å². The van der Waals surface area contributed by atoms with E-state index in [1.54, 1.807) is 0 Å². The summed E-state index contributed by atoms with van der Waals surface area (Å²) in [5, 5.41) is 7.23. The van der Waals surface area contributed by atoms with Crippen molar-refractivity contribution in [3.63, 3.8) is 0 Å². The topological polar surface area (TPSA) is 49.3 Å². The molecular weight excluding hydrogens is 348 g/mol. The summed E-state index contributed by atoms with van der Waals surface area (Å²) in [7, 11) is 2.02. The number of hydrogen-bond donors (Lipinski definition) is 2. The van der Waals surface area contributed by atoms with E-state index in [9.17, 15) is 4.79 Å². The minimum Gasteiger partial charge on any atom is -0.351 e. The van der Waals surface area contributed by atoms with Crippen molar-refractivity contribution in [1.82, 2.24) is 14.8 Å². The molecule has 0 spiro atoms. The summed E-state index contributed by atoms with van der Waals surface area (Å²) < 4.78 is 2.07. The van der Waals surface area contributed by atoms with Gasteiger partial charge in [0, 0.05) is 55.5 Å². The number of amides is 2. The monoisotopic (exact) mass is 376 g/mol. The quantitative estimate of drug-likeness (QED) is 0.714. The number of anilines is 1. The van der Waals surface area contributed by atoms with Crippen molar-refractivity contribution in [2.24, 2.45) is 7.05 Å². The average molecular weight is 377 g/mol. The van der Waals surface area contributed by atoms with E-state index < -0.39 is 0 Å². The summed E-state index contributed by atoms with van der Waals surface area (Å²) in [4.78, 5) is 14.8. The molecular formula is C23H28N4O. The lowest BCUT2D eigenvalue weighted by Gasteiger charge is -2.32. The summed E-state index contributed by atoms with van der Waals surface area (Å²) in [5.74, 6) is 0. The maximum absolute atomic E-state index is 12.4. The highest BCUT2D eigenvalue weighted by molar-refractivity contribution is 5.93. The number of urea groups is 1. The molecule has 5 nitrogen and oxygen atoms in total. The SMILES string of the molecule is Cc1ccc(CN2CCC(NC(=O)Nc3ccc4c(ccn4C)c3)CC2)cc1. The molecule has 4 rings (SSSR count). The van der Waals surface area contributed by atoms with Crippen LogP contribution < -0.4 is 10.6 Å². The summed E-state index contributed by atoms with van der Waals surface area (Å²) in [6, 6.07) is 16.9. The number of hydrogen-bond acceptors (Lipinski definition) is 2. The molecule has 0 saturated carbocycles. The van der Waals surface area contributed by atoms with Crippen LogP contribution in [0.3, 0.4) is 0 Å². The normalized spacial score (nSPS) is 15.6. The number of rotatable bonds is 4. The lowest BCUT2D eigenvalue weighted by atomic mass is 10.0. The van der Waals surface area contributed by atoms with E-state index in [0.717, 1.165) is 49.1 Å². The van der Waals surface area contributed by atoms with Gasteiger partial charge in [-0.25, -0.2) is 4.79 Å². The minimum absolute atomic E-state index is 0.118. The van der Waals surface area contributed by atoms with E-state index in [1.807, 2.05) is 31.4 Å². The second-order valence-corrected chi connectivity index (χ2v) is 7.83. The highest BCUT2D eigenvalue weighted by Gasteiger charge is 2.20. The van der Waals surface area contributed by atoms with Crippen molar-refractivity contribution in [1.29, 1.82) is 0 Å². The molecule has 0 unspecified atom stereocenters. The maximum atomic E-state index is 12.4. The fraction of sp³-hybridized carbons (Fsp3) is 0.348. The number of carbonyl (C=O) groups excluding carboxylic acids is 1. The van der Waals surface area contributed by atoms with Crippen LogP contribution in [0, 0.1) is 6.92 Å². The predicted molar refractivity (Wildman–Crippen MR) is 115 cm³/mol. The molecule has 1 saturated heterocycles. The van der Waals surface area contributed by atoms with Gasteiger partial charge in [-0.15, -0.1) is 0 Å². The van der Waals surface area contributed by atoms with Gasteiger partial charge in [0.15, 0.2) is 0 Å². The van der Waals surface area contributed by atoms with Crippen LogP contribution in [0.15, 0.2) is 54.7 Å². The molecule has 0 bridgehead atoms. The van der Waals surface area contributed by atoms with Crippen molar-refractivity contribution in [2.45, 2.75) is 32.4 Å². The minimum atomic E-state index is -0.118. The van der Waals surface area contributed by atoms with Crippen LogP contribution in [0.4, 0.5) is 10.5 Å². The molecule has 1 aliphatic heterocycles. The molecule has 28 heavy (non-hydrogen) atoms. The first-order chi connectivity index (χ1) is 13.6. The van der Waals surface area contributed by atoms with Gasteiger partial charge >= 0.3 is 6.03 Å². The number of fused-ring (bicyclic) bond motifs is 1. The predicted octanol–water partition coefficient (Wildman–Crippen LogP) is 4.27. The molecule has 2 aromatic carbocycles. The third kappa shape index (κ3) is 4.37. The highest BCUT2D eigenvalue weighted by Crippen LogP contribution is 2.20. The van der Waals surface area contributed by atoms with Crippen LogP contribution >= 0.6 is 0 Å². The van der Waals surface area contributed by atoms with Crippen LogP contribution in [0.5, 0.6) is 0 Å². The smallest absolute Gasteiger partial charge is 0.319 e. The van der Waals surface area contributed by atoms with Gasteiger partial charge in [0.05, 0.1) is 0 Å². The van der Waals surface area contributed by atoms with Crippen molar-refractivity contribution in [2.75, 3.05) is 18.4 Å². The molecule has 2 amide bonds. The highest BCUT2D eigenvalue weighted by atomic mass is 16.2. The van der Waals surface area contributed by atoms with Gasteiger partial charge in [0.2, 0.25) is 0 Å². The van der Waals surface area contributed by atoms with Crippen LogP contribution in [0.2, 0.25) is 0 Å². The van der Waals surface area contributed by atoms with Gasteiger partial charge in [-0.3, -0.25) is 4.90 Å². The number of aromatic nitrogens is 1. The van der Waals surface area contributed by atoms with Crippen LogP contribution in [-0.4, -0.2) is 34.6 Å². The third-order valence-electron chi connectivity index (χ3n) is 5.59. The largest absolute Gasteiger partial charge is 0.351 e. The van der Waals surface area contributed by atoms with E-state index in [2.05, 4.69) is 57.4 Å². The molecule has 0 radical (unpaired) electrons. The van der Waals surface area contributed by atoms with Gasteiger partial charge in [-0.05, 0) is 49.6 Å². The van der Waals surface area contributed by atoms with Gasteiger partial charge in [0.1, 0.15) is 0 Å². The summed E-state index contributed by atoms with van der Waals surface area (Å²) in [6.45, 7) is 5.11. The summed E-state index contributed by atoms with van der Waals surface area (Å²) >= 11 is 0. The van der Waals surface area contributed by atoms with E-state index in [4.69, 9.17) is 0 Å². The first-order valence-electron chi connectivity index (χ1n) is 9.97. The molecule has 146 valence electrons. The first kappa shape index (κ1) is 18.6. The first-order valence-corrected chi connectivity index (χ1v) is 9.97.